The van der Waals surface area contributed by atoms with Gasteiger partial charge in [0.05, 0.1) is 0 Å². The molecule has 2 amide bonds. The summed E-state index contributed by atoms with van der Waals surface area (Å²) in [6.07, 6.45) is 2.36. The first-order valence-corrected chi connectivity index (χ1v) is 9.68. The fourth-order valence-electron chi connectivity index (χ4n) is 3.24. The van der Waals surface area contributed by atoms with Crippen LogP contribution in [0.3, 0.4) is 0 Å². The lowest BCUT2D eigenvalue weighted by molar-refractivity contribution is -0.126. The molecule has 4 nitrogen and oxygen atoms in total. The molecule has 3 rings (SSSR count). The van der Waals surface area contributed by atoms with Gasteiger partial charge in [-0.05, 0) is 49.3 Å². The van der Waals surface area contributed by atoms with E-state index >= 15 is 0 Å². The zero-order chi connectivity index (χ0) is 17.6. The molecule has 0 radical (unpaired) electrons. The van der Waals surface area contributed by atoms with E-state index in [1.165, 1.54) is 4.88 Å². The number of nitrogens with zero attached hydrogens (tertiary/aromatic N) is 1. The van der Waals surface area contributed by atoms with Gasteiger partial charge in [0, 0.05) is 36.0 Å². The van der Waals surface area contributed by atoms with Crippen LogP contribution in [-0.2, 0) is 11.2 Å². The highest BCUT2D eigenvalue weighted by molar-refractivity contribution is 7.09. The predicted molar refractivity (Wildman–Crippen MR) is 101 cm³/mol. The summed E-state index contributed by atoms with van der Waals surface area (Å²) in [5.74, 6) is 0.221. The number of carbonyl (C=O) groups is 2. The lowest BCUT2D eigenvalue weighted by Crippen LogP contribution is -2.43. The topological polar surface area (TPSA) is 49.4 Å². The third kappa shape index (κ3) is 4.48. The lowest BCUT2D eigenvalue weighted by atomic mass is 9.95. The summed E-state index contributed by atoms with van der Waals surface area (Å²) < 4.78 is 0. The highest BCUT2D eigenvalue weighted by Gasteiger charge is 2.28. The minimum absolute atomic E-state index is 0.0178. The van der Waals surface area contributed by atoms with E-state index in [0.717, 1.165) is 30.4 Å². The average Bonchev–Trinajstić information content (AvgIpc) is 3.15. The van der Waals surface area contributed by atoms with Gasteiger partial charge in [0.25, 0.3) is 5.91 Å². The highest BCUT2D eigenvalue weighted by Crippen LogP contribution is 2.20. The number of piperidine rings is 1. The Hall–Kier alpha value is -2.14. The van der Waals surface area contributed by atoms with Gasteiger partial charge in [-0.25, -0.2) is 0 Å². The van der Waals surface area contributed by atoms with E-state index in [2.05, 4.69) is 16.8 Å². The van der Waals surface area contributed by atoms with Gasteiger partial charge in [-0.3, -0.25) is 9.59 Å². The predicted octanol–water partition coefficient (Wildman–Crippen LogP) is 3.27. The molecule has 25 heavy (non-hydrogen) atoms. The molecule has 0 unspecified atom stereocenters. The van der Waals surface area contributed by atoms with Crippen LogP contribution in [0.5, 0.6) is 0 Å². The molecule has 1 aromatic heterocycles. The minimum Gasteiger partial charge on any atom is -0.355 e. The van der Waals surface area contributed by atoms with Crippen LogP contribution in [-0.4, -0.2) is 36.3 Å². The van der Waals surface area contributed by atoms with Crippen LogP contribution in [0.4, 0.5) is 0 Å². The molecule has 0 aliphatic carbocycles. The molecule has 0 saturated carbocycles. The average molecular weight is 356 g/mol. The molecule has 1 N–H and O–H groups in total. The Labute approximate surface area is 152 Å². The van der Waals surface area contributed by atoms with Gasteiger partial charge in [-0.2, -0.15) is 0 Å². The molecule has 1 aliphatic rings. The van der Waals surface area contributed by atoms with E-state index < -0.39 is 0 Å². The van der Waals surface area contributed by atoms with Gasteiger partial charge in [-0.1, -0.05) is 24.3 Å². The van der Waals surface area contributed by atoms with Gasteiger partial charge in [0.2, 0.25) is 5.91 Å². The quantitative estimate of drug-likeness (QED) is 0.894. The second kappa shape index (κ2) is 8.30. The molecule has 5 heteroatoms. The van der Waals surface area contributed by atoms with E-state index in [0.29, 0.717) is 19.6 Å². The van der Waals surface area contributed by atoms with Crippen molar-refractivity contribution < 1.29 is 9.59 Å². The molecule has 1 saturated heterocycles. The summed E-state index contributed by atoms with van der Waals surface area (Å²) >= 11 is 1.72. The van der Waals surface area contributed by atoms with Gasteiger partial charge in [0.1, 0.15) is 0 Å². The number of aryl methyl sites for hydroxylation is 1. The van der Waals surface area contributed by atoms with Crippen molar-refractivity contribution in [1.82, 2.24) is 10.2 Å². The minimum atomic E-state index is 0.0178. The van der Waals surface area contributed by atoms with Crippen LogP contribution in [0.2, 0.25) is 0 Å². The van der Waals surface area contributed by atoms with E-state index in [4.69, 9.17) is 0 Å². The van der Waals surface area contributed by atoms with Crippen LogP contribution < -0.4 is 5.32 Å². The molecular weight excluding hydrogens is 332 g/mol. The first kappa shape index (κ1) is 17.7. The standard InChI is InChI=1S/C20H24N2O2S/c1-15-5-2-3-7-18(15)20(24)22-12-9-16(10-13-22)19(23)21-11-8-17-6-4-14-25-17/h2-7,14,16H,8-13H2,1H3,(H,21,23). The zero-order valence-corrected chi connectivity index (χ0v) is 15.3. The molecule has 1 aliphatic heterocycles. The summed E-state index contributed by atoms with van der Waals surface area (Å²) in [5.41, 5.74) is 1.77. The molecule has 1 aromatic carbocycles. The number of amides is 2. The monoisotopic (exact) mass is 356 g/mol. The summed E-state index contributed by atoms with van der Waals surface area (Å²) in [5, 5.41) is 5.09. The SMILES string of the molecule is Cc1ccccc1C(=O)N1CCC(C(=O)NCCc2cccs2)CC1. The number of likely N-dealkylation sites (tertiary alicyclic amines) is 1. The summed E-state index contributed by atoms with van der Waals surface area (Å²) in [6, 6.07) is 11.8. The first-order valence-electron chi connectivity index (χ1n) is 8.80. The van der Waals surface area contributed by atoms with Crippen LogP contribution in [0.1, 0.15) is 33.6 Å². The maximum Gasteiger partial charge on any atom is 0.254 e. The molecule has 132 valence electrons. The van der Waals surface area contributed by atoms with Crippen LogP contribution in [0.15, 0.2) is 41.8 Å². The van der Waals surface area contributed by atoms with E-state index in [9.17, 15) is 9.59 Å². The summed E-state index contributed by atoms with van der Waals surface area (Å²) in [4.78, 5) is 28.1. The zero-order valence-electron chi connectivity index (χ0n) is 14.5. The second-order valence-electron chi connectivity index (χ2n) is 6.50. The Bertz CT molecular complexity index is 719. The third-order valence-electron chi connectivity index (χ3n) is 4.78. The largest absolute Gasteiger partial charge is 0.355 e. The normalized spacial score (nSPS) is 15.2. The van der Waals surface area contributed by atoms with E-state index in [1.54, 1.807) is 11.3 Å². The molecular formula is C20H24N2O2S. The highest BCUT2D eigenvalue weighted by atomic mass is 32.1. The first-order chi connectivity index (χ1) is 12.1. The maximum absolute atomic E-state index is 12.6. The lowest BCUT2D eigenvalue weighted by Gasteiger charge is -2.31. The number of carbonyl (C=O) groups excluding carboxylic acids is 2. The Balaban J connectivity index is 1.45. The molecule has 2 aromatic rings. The molecule has 1 fully saturated rings. The van der Waals surface area contributed by atoms with Crippen molar-refractivity contribution in [3.05, 3.63) is 57.8 Å². The molecule has 0 bridgehead atoms. The van der Waals surface area contributed by atoms with Crippen LogP contribution >= 0.6 is 11.3 Å². The van der Waals surface area contributed by atoms with Crippen molar-refractivity contribution in [2.24, 2.45) is 5.92 Å². The van der Waals surface area contributed by atoms with Crippen molar-refractivity contribution in [1.29, 1.82) is 0 Å². The van der Waals surface area contributed by atoms with E-state index in [1.807, 2.05) is 42.2 Å². The number of hydrogen-bond acceptors (Lipinski definition) is 3. The molecule has 0 atom stereocenters. The Morgan fingerprint density at radius 3 is 2.60 bits per heavy atom. The second-order valence-corrected chi connectivity index (χ2v) is 7.53. The summed E-state index contributed by atoms with van der Waals surface area (Å²) in [6.45, 7) is 3.94. The number of rotatable bonds is 5. The molecule has 0 spiro atoms. The van der Waals surface area contributed by atoms with Crippen molar-refractivity contribution in [2.75, 3.05) is 19.6 Å². The van der Waals surface area contributed by atoms with Crippen LogP contribution in [0, 0.1) is 12.8 Å². The van der Waals surface area contributed by atoms with Crippen molar-refractivity contribution in [2.45, 2.75) is 26.2 Å². The third-order valence-corrected chi connectivity index (χ3v) is 5.72. The van der Waals surface area contributed by atoms with Gasteiger partial charge in [0.15, 0.2) is 0 Å². The molecule has 2 heterocycles. The van der Waals surface area contributed by atoms with Crippen molar-refractivity contribution >= 4 is 23.2 Å². The number of benzene rings is 1. The number of nitrogens with one attached hydrogen (secondary N) is 1. The van der Waals surface area contributed by atoms with Crippen molar-refractivity contribution in [3.8, 4) is 0 Å². The van der Waals surface area contributed by atoms with Crippen molar-refractivity contribution in [3.63, 3.8) is 0 Å². The maximum atomic E-state index is 12.6. The van der Waals surface area contributed by atoms with E-state index in [-0.39, 0.29) is 17.7 Å². The Morgan fingerprint density at radius 1 is 1.16 bits per heavy atom. The fraction of sp³-hybridized carbons (Fsp3) is 0.400. The van der Waals surface area contributed by atoms with Gasteiger partial charge >= 0.3 is 0 Å². The smallest absolute Gasteiger partial charge is 0.254 e. The Kier molecular flexibility index (Phi) is 5.87. The number of thiophene rings is 1. The summed E-state index contributed by atoms with van der Waals surface area (Å²) in [7, 11) is 0. The fourth-order valence-corrected chi connectivity index (χ4v) is 3.95. The van der Waals surface area contributed by atoms with Gasteiger partial charge < -0.3 is 10.2 Å². The number of hydrogen-bond donors (Lipinski definition) is 1. The van der Waals surface area contributed by atoms with Gasteiger partial charge in [-0.15, -0.1) is 11.3 Å². The van der Waals surface area contributed by atoms with Crippen LogP contribution in [0.25, 0.3) is 0 Å². The Morgan fingerprint density at radius 2 is 1.92 bits per heavy atom.